The van der Waals surface area contributed by atoms with Crippen molar-refractivity contribution in [1.82, 2.24) is 10.2 Å². The molecule has 0 radical (unpaired) electrons. The summed E-state index contributed by atoms with van der Waals surface area (Å²) in [6, 6.07) is 3.37. The molecule has 0 saturated carbocycles. The summed E-state index contributed by atoms with van der Waals surface area (Å²) in [5, 5.41) is 13.6. The van der Waals surface area contributed by atoms with Crippen molar-refractivity contribution >= 4 is 11.4 Å². The van der Waals surface area contributed by atoms with Gasteiger partial charge in [0.05, 0.1) is 17.5 Å². The molecule has 0 saturated heterocycles. The standard InChI is InChI=1S/C10H10N4O2/c1-5(11)7-8(12)9(13-14-10(7)15)6-3-2-4-16-6/h2-4,11H,1H3,(H3,12,14,15). The summed E-state index contributed by atoms with van der Waals surface area (Å²) in [7, 11) is 0. The zero-order valence-electron chi connectivity index (χ0n) is 8.57. The lowest BCUT2D eigenvalue weighted by Crippen LogP contribution is -2.21. The molecule has 2 aromatic heterocycles. The Labute approximate surface area is 90.6 Å². The lowest BCUT2D eigenvalue weighted by atomic mass is 10.1. The van der Waals surface area contributed by atoms with Gasteiger partial charge in [0.25, 0.3) is 5.56 Å². The summed E-state index contributed by atoms with van der Waals surface area (Å²) in [6.45, 7) is 1.49. The number of nitrogen functional groups attached to an aromatic ring is 1. The number of nitrogens with one attached hydrogen (secondary N) is 2. The van der Waals surface area contributed by atoms with Crippen LogP contribution in [0, 0.1) is 5.41 Å². The van der Waals surface area contributed by atoms with Crippen LogP contribution >= 0.6 is 0 Å². The van der Waals surface area contributed by atoms with Gasteiger partial charge in [-0.2, -0.15) is 5.10 Å². The van der Waals surface area contributed by atoms with E-state index in [1.54, 1.807) is 12.1 Å². The normalized spacial score (nSPS) is 10.3. The number of aromatic nitrogens is 2. The van der Waals surface area contributed by atoms with E-state index in [9.17, 15) is 4.79 Å². The minimum atomic E-state index is -0.472. The molecule has 4 N–H and O–H groups in total. The lowest BCUT2D eigenvalue weighted by molar-refractivity contribution is 0.579. The summed E-state index contributed by atoms with van der Waals surface area (Å²) in [6.07, 6.45) is 1.48. The van der Waals surface area contributed by atoms with Crippen LogP contribution in [0.2, 0.25) is 0 Å². The van der Waals surface area contributed by atoms with E-state index < -0.39 is 5.56 Å². The molecule has 2 rings (SSSR count). The fraction of sp³-hybridized carbons (Fsp3) is 0.100. The fourth-order valence-electron chi connectivity index (χ4n) is 1.44. The first-order valence-electron chi connectivity index (χ1n) is 4.59. The number of nitrogens with two attached hydrogens (primary N) is 1. The third-order valence-electron chi connectivity index (χ3n) is 2.15. The molecule has 0 amide bonds. The first kappa shape index (κ1) is 10.2. The average molecular weight is 218 g/mol. The van der Waals surface area contributed by atoms with Crippen molar-refractivity contribution in [2.75, 3.05) is 5.73 Å². The van der Waals surface area contributed by atoms with E-state index in [0.717, 1.165) is 0 Å². The van der Waals surface area contributed by atoms with Crippen molar-refractivity contribution in [3.63, 3.8) is 0 Å². The maximum Gasteiger partial charge on any atom is 0.275 e. The van der Waals surface area contributed by atoms with E-state index >= 15 is 0 Å². The average Bonchev–Trinajstić information content (AvgIpc) is 2.70. The highest BCUT2D eigenvalue weighted by molar-refractivity contribution is 6.02. The molecule has 6 nitrogen and oxygen atoms in total. The third kappa shape index (κ3) is 1.50. The lowest BCUT2D eigenvalue weighted by Gasteiger charge is -2.05. The molecule has 16 heavy (non-hydrogen) atoms. The van der Waals surface area contributed by atoms with E-state index in [1.807, 2.05) is 0 Å². The molecule has 0 aliphatic heterocycles. The van der Waals surface area contributed by atoms with Gasteiger partial charge in [-0.1, -0.05) is 0 Å². The molecule has 0 spiro atoms. The number of anilines is 1. The molecule has 0 atom stereocenters. The Morgan fingerprint density at radius 1 is 1.62 bits per heavy atom. The molecule has 0 aliphatic carbocycles. The number of furan rings is 1. The van der Waals surface area contributed by atoms with Gasteiger partial charge in [-0.25, -0.2) is 5.10 Å². The van der Waals surface area contributed by atoms with Crippen LogP contribution in [-0.4, -0.2) is 15.9 Å². The van der Waals surface area contributed by atoms with Gasteiger partial charge in [0.2, 0.25) is 0 Å². The summed E-state index contributed by atoms with van der Waals surface area (Å²) in [5.41, 5.74) is 6.04. The van der Waals surface area contributed by atoms with Crippen LogP contribution < -0.4 is 11.3 Å². The summed E-state index contributed by atoms with van der Waals surface area (Å²) < 4.78 is 5.14. The highest BCUT2D eigenvalue weighted by Gasteiger charge is 2.15. The zero-order chi connectivity index (χ0) is 11.7. The van der Waals surface area contributed by atoms with Crippen LogP contribution in [0.3, 0.4) is 0 Å². The number of aromatic amines is 1. The topological polar surface area (TPSA) is 109 Å². The molecule has 0 bridgehead atoms. The Kier molecular flexibility index (Phi) is 2.32. The van der Waals surface area contributed by atoms with Crippen LogP contribution in [0.25, 0.3) is 11.5 Å². The molecule has 2 aromatic rings. The number of rotatable bonds is 2. The quantitative estimate of drug-likeness (QED) is 0.653. The Morgan fingerprint density at radius 3 is 2.94 bits per heavy atom. The van der Waals surface area contributed by atoms with Gasteiger partial charge in [-0.15, -0.1) is 0 Å². The fourth-order valence-corrected chi connectivity index (χ4v) is 1.44. The maximum absolute atomic E-state index is 11.4. The minimum absolute atomic E-state index is 0.0916. The van der Waals surface area contributed by atoms with Gasteiger partial charge >= 0.3 is 0 Å². The largest absolute Gasteiger partial charge is 0.463 e. The molecule has 0 fully saturated rings. The van der Waals surface area contributed by atoms with Gasteiger partial charge in [-0.05, 0) is 19.1 Å². The molecule has 2 heterocycles. The van der Waals surface area contributed by atoms with Crippen molar-refractivity contribution in [3.8, 4) is 11.5 Å². The van der Waals surface area contributed by atoms with Crippen molar-refractivity contribution in [1.29, 1.82) is 5.41 Å². The summed E-state index contributed by atoms with van der Waals surface area (Å²) in [4.78, 5) is 11.4. The zero-order valence-corrected chi connectivity index (χ0v) is 8.57. The Morgan fingerprint density at radius 2 is 2.38 bits per heavy atom. The molecule has 0 unspecified atom stereocenters. The second kappa shape index (κ2) is 3.65. The molecule has 0 aliphatic rings. The van der Waals surface area contributed by atoms with E-state index in [1.165, 1.54) is 13.2 Å². The van der Waals surface area contributed by atoms with Gasteiger partial charge in [0.1, 0.15) is 5.69 Å². The van der Waals surface area contributed by atoms with Crippen LogP contribution in [0.5, 0.6) is 0 Å². The van der Waals surface area contributed by atoms with Crippen molar-refractivity contribution in [3.05, 3.63) is 34.3 Å². The highest BCUT2D eigenvalue weighted by atomic mass is 16.3. The number of hydrogen-bond acceptors (Lipinski definition) is 5. The number of nitrogens with zero attached hydrogens (tertiary/aromatic N) is 1. The first-order chi connectivity index (χ1) is 7.61. The Bertz CT molecular complexity index is 583. The van der Waals surface area contributed by atoms with E-state index in [0.29, 0.717) is 11.5 Å². The van der Waals surface area contributed by atoms with Gasteiger partial charge in [-0.3, -0.25) is 4.79 Å². The molecular formula is C10H10N4O2. The van der Waals surface area contributed by atoms with Gasteiger partial charge < -0.3 is 15.6 Å². The maximum atomic E-state index is 11.4. The second-order valence-corrected chi connectivity index (χ2v) is 3.29. The number of H-pyrrole nitrogens is 1. The van der Waals surface area contributed by atoms with Crippen molar-refractivity contribution < 1.29 is 4.42 Å². The summed E-state index contributed by atoms with van der Waals surface area (Å²) in [5.74, 6) is 0.455. The van der Waals surface area contributed by atoms with Crippen molar-refractivity contribution in [2.45, 2.75) is 6.92 Å². The molecular weight excluding hydrogens is 208 g/mol. The minimum Gasteiger partial charge on any atom is -0.463 e. The third-order valence-corrected chi connectivity index (χ3v) is 2.15. The van der Waals surface area contributed by atoms with Crippen LogP contribution in [-0.2, 0) is 0 Å². The monoisotopic (exact) mass is 218 g/mol. The highest BCUT2D eigenvalue weighted by Crippen LogP contribution is 2.24. The smallest absolute Gasteiger partial charge is 0.275 e. The predicted octanol–water partition coefficient (Wildman–Crippen LogP) is 1.000. The van der Waals surface area contributed by atoms with Crippen LogP contribution in [0.1, 0.15) is 12.5 Å². The van der Waals surface area contributed by atoms with Crippen molar-refractivity contribution in [2.24, 2.45) is 0 Å². The van der Waals surface area contributed by atoms with Gasteiger partial charge in [0.15, 0.2) is 5.76 Å². The molecule has 0 aromatic carbocycles. The Balaban J connectivity index is 2.71. The van der Waals surface area contributed by atoms with Gasteiger partial charge in [0, 0.05) is 5.71 Å². The molecule has 6 heteroatoms. The Hall–Kier alpha value is -2.37. The summed E-state index contributed by atoms with van der Waals surface area (Å²) >= 11 is 0. The van der Waals surface area contributed by atoms with E-state index in [-0.39, 0.29) is 17.0 Å². The number of hydrogen-bond donors (Lipinski definition) is 3. The first-order valence-corrected chi connectivity index (χ1v) is 4.59. The SMILES string of the molecule is CC(=N)c1c(N)c(-c2ccco2)n[nH]c1=O. The van der Waals surface area contributed by atoms with E-state index in [4.69, 9.17) is 15.6 Å². The predicted molar refractivity (Wildman–Crippen MR) is 59.5 cm³/mol. The second-order valence-electron chi connectivity index (χ2n) is 3.29. The van der Waals surface area contributed by atoms with E-state index in [2.05, 4.69) is 10.2 Å². The van der Waals surface area contributed by atoms with Crippen LogP contribution in [0.4, 0.5) is 5.69 Å². The van der Waals surface area contributed by atoms with Crippen LogP contribution in [0.15, 0.2) is 27.6 Å². The molecule has 82 valence electrons.